The highest BCUT2D eigenvalue weighted by Gasteiger charge is 2.27. The van der Waals surface area contributed by atoms with Gasteiger partial charge >= 0.3 is 0 Å². The molecular formula is C14H25NO. The van der Waals surface area contributed by atoms with Crippen LogP contribution in [0.15, 0.2) is 0 Å². The molecule has 2 unspecified atom stereocenters. The zero-order valence-corrected chi connectivity index (χ0v) is 10.7. The van der Waals surface area contributed by atoms with Gasteiger partial charge in [-0.3, -0.25) is 9.69 Å². The molecule has 0 aromatic heterocycles. The number of Topliss-reactive ketones (excluding diaryl/α,β-unsaturated/α-hetero) is 1. The quantitative estimate of drug-likeness (QED) is 0.733. The van der Waals surface area contributed by atoms with Crippen LogP contribution in [0.25, 0.3) is 0 Å². The Hall–Kier alpha value is -0.370. The third-order valence-corrected chi connectivity index (χ3v) is 4.13. The number of hydrogen-bond acceptors (Lipinski definition) is 2. The fourth-order valence-corrected chi connectivity index (χ4v) is 3.52. The molecule has 0 amide bonds. The molecule has 1 aliphatic heterocycles. The van der Waals surface area contributed by atoms with Gasteiger partial charge in [0.1, 0.15) is 5.78 Å². The highest BCUT2D eigenvalue weighted by molar-refractivity contribution is 5.83. The third-order valence-electron chi connectivity index (χ3n) is 4.13. The highest BCUT2D eigenvalue weighted by atomic mass is 16.1. The first-order valence-electron chi connectivity index (χ1n) is 6.90. The normalized spacial score (nSPS) is 33.1. The van der Waals surface area contributed by atoms with E-state index in [9.17, 15) is 4.79 Å². The van der Waals surface area contributed by atoms with E-state index in [2.05, 4.69) is 18.7 Å². The van der Waals surface area contributed by atoms with Crippen LogP contribution in [0.5, 0.6) is 0 Å². The molecule has 16 heavy (non-hydrogen) atoms. The van der Waals surface area contributed by atoms with Crippen LogP contribution in [0.2, 0.25) is 0 Å². The Morgan fingerprint density at radius 1 is 1.12 bits per heavy atom. The summed E-state index contributed by atoms with van der Waals surface area (Å²) in [6, 6.07) is 0. The number of rotatable bonds is 3. The fourth-order valence-electron chi connectivity index (χ4n) is 3.52. The highest BCUT2D eigenvalue weighted by Crippen LogP contribution is 2.27. The molecule has 2 nitrogen and oxygen atoms in total. The molecule has 0 aromatic rings. The summed E-state index contributed by atoms with van der Waals surface area (Å²) in [7, 11) is 0. The first-order valence-corrected chi connectivity index (χ1v) is 6.90. The predicted molar refractivity (Wildman–Crippen MR) is 66.4 cm³/mol. The lowest BCUT2D eigenvalue weighted by Gasteiger charge is -2.34. The van der Waals surface area contributed by atoms with Gasteiger partial charge in [0.25, 0.3) is 0 Å². The van der Waals surface area contributed by atoms with Crippen LogP contribution < -0.4 is 0 Å². The molecule has 0 aromatic carbocycles. The number of likely N-dealkylation sites (tertiary alicyclic amines) is 1. The van der Waals surface area contributed by atoms with E-state index in [1.807, 2.05) is 0 Å². The monoisotopic (exact) mass is 223 g/mol. The van der Waals surface area contributed by atoms with E-state index in [-0.39, 0.29) is 0 Å². The first-order chi connectivity index (χ1) is 7.65. The Bertz CT molecular complexity index is 235. The van der Waals surface area contributed by atoms with Crippen molar-refractivity contribution in [3.05, 3.63) is 0 Å². The van der Waals surface area contributed by atoms with Crippen LogP contribution in [0, 0.1) is 17.8 Å². The van der Waals surface area contributed by atoms with E-state index in [1.54, 1.807) is 0 Å². The van der Waals surface area contributed by atoms with Crippen molar-refractivity contribution in [2.75, 3.05) is 19.6 Å². The molecule has 2 fully saturated rings. The van der Waals surface area contributed by atoms with Gasteiger partial charge in [0.2, 0.25) is 0 Å². The van der Waals surface area contributed by atoms with Crippen molar-refractivity contribution in [2.45, 2.75) is 46.0 Å². The summed E-state index contributed by atoms with van der Waals surface area (Å²) < 4.78 is 0. The molecule has 0 spiro atoms. The lowest BCUT2D eigenvalue weighted by molar-refractivity contribution is -0.124. The summed E-state index contributed by atoms with van der Waals surface area (Å²) >= 11 is 0. The molecule has 1 saturated carbocycles. The maximum absolute atomic E-state index is 12.1. The second-order valence-corrected chi connectivity index (χ2v) is 6.09. The number of hydrogen-bond donors (Lipinski definition) is 0. The Kier molecular flexibility index (Phi) is 4.01. The largest absolute Gasteiger partial charge is 0.298 e. The van der Waals surface area contributed by atoms with Gasteiger partial charge in [-0.15, -0.1) is 0 Å². The van der Waals surface area contributed by atoms with Crippen LogP contribution in [-0.2, 0) is 4.79 Å². The average molecular weight is 223 g/mol. The Labute approximate surface area is 99.4 Å². The molecule has 2 atom stereocenters. The standard InChI is InChI=1S/C14H25NO/c1-11-7-12(2)9-15(8-11)10-14(16)13-5-3-4-6-13/h11-13H,3-10H2,1-2H3. The van der Waals surface area contributed by atoms with E-state index in [0.29, 0.717) is 11.7 Å². The van der Waals surface area contributed by atoms with Gasteiger partial charge in [-0.2, -0.15) is 0 Å². The minimum Gasteiger partial charge on any atom is -0.298 e. The molecular weight excluding hydrogens is 198 g/mol. The molecule has 1 aliphatic carbocycles. The fraction of sp³-hybridized carbons (Fsp3) is 0.929. The molecule has 92 valence electrons. The van der Waals surface area contributed by atoms with Crippen LogP contribution in [-0.4, -0.2) is 30.3 Å². The van der Waals surface area contributed by atoms with Gasteiger partial charge in [-0.25, -0.2) is 0 Å². The molecule has 0 bridgehead atoms. The molecule has 2 rings (SSSR count). The molecule has 0 radical (unpaired) electrons. The molecule has 1 saturated heterocycles. The second-order valence-electron chi connectivity index (χ2n) is 6.09. The molecule has 0 N–H and O–H groups in total. The third kappa shape index (κ3) is 3.07. The summed E-state index contributed by atoms with van der Waals surface area (Å²) in [6.45, 7) is 7.59. The van der Waals surface area contributed by atoms with Crippen LogP contribution in [0.3, 0.4) is 0 Å². The number of ketones is 1. The van der Waals surface area contributed by atoms with Crippen molar-refractivity contribution in [3.8, 4) is 0 Å². The lowest BCUT2D eigenvalue weighted by atomic mass is 9.91. The van der Waals surface area contributed by atoms with Crippen molar-refractivity contribution in [1.82, 2.24) is 4.90 Å². The number of piperidine rings is 1. The maximum atomic E-state index is 12.1. The Morgan fingerprint density at radius 2 is 1.69 bits per heavy atom. The minimum absolute atomic E-state index is 0.396. The molecule has 2 aliphatic rings. The minimum atomic E-state index is 0.396. The Balaban J connectivity index is 1.81. The number of nitrogens with zero attached hydrogens (tertiary/aromatic N) is 1. The van der Waals surface area contributed by atoms with Crippen molar-refractivity contribution >= 4 is 5.78 Å². The van der Waals surface area contributed by atoms with E-state index < -0.39 is 0 Å². The molecule has 1 heterocycles. The second kappa shape index (κ2) is 5.31. The van der Waals surface area contributed by atoms with E-state index in [0.717, 1.165) is 44.3 Å². The van der Waals surface area contributed by atoms with Crippen molar-refractivity contribution in [1.29, 1.82) is 0 Å². The maximum Gasteiger partial charge on any atom is 0.149 e. The summed E-state index contributed by atoms with van der Waals surface area (Å²) in [5, 5.41) is 0. The van der Waals surface area contributed by atoms with Gasteiger partial charge in [0.05, 0.1) is 6.54 Å². The zero-order chi connectivity index (χ0) is 11.5. The van der Waals surface area contributed by atoms with E-state index >= 15 is 0 Å². The van der Waals surface area contributed by atoms with E-state index in [1.165, 1.54) is 19.3 Å². The van der Waals surface area contributed by atoms with Crippen LogP contribution in [0.4, 0.5) is 0 Å². The Morgan fingerprint density at radius 3 is 2.25 bits per heavy atom. The predicted octanol–water partition coefficient (Wildman–Crippen LogP) is 2.72. The van der Waals surface area contributed by atoms with Gasteiger partial charge in [-0.05, 0) is 31.1 Å². The first kappa shape index (κ1) is 12.1. The number of carbonyl (C=O) groups excluding carboxylic acids is 1. The molecule has 2 heteroatoms. The van der Waals surface area contributed by atoms with Crippen molar-refractivity contribution < 1.29 is 4.79 Å². The van der Waals surface area contributed by atoms with Gasteiger partial charge in [-0.1, -0.05) is 26.7 Å². The summed E-state index contributed by atoms with van der Waals surface area (Å²) in [4.78, 5) is 14.5. The SMILES string of the molecule is CC1CC(C)CN(CC(=O)C2CCCC2)C1. The van der Waals surface area contributed by atoms with Gasteiger partial charge in [0.15, 0.2) is 0 Å². The smallest absolute Gasteiger partial charge is 0.149 e. The van der Waals surface area contributed by atoms with Gasteiger partial charge < -0.3 is 0 Å². The van der Waals surface area contributed by atoms with Crippen molar-refractivity contribution in [3.63, 3.8) is 0 Å². The number of carbonyl (C=O) groups is 1. The average Bonchev–Trinajstić information content (AvgIpc) is 2.68. The summed E-state index contributed by atoms with van der Waals surface area (Å²) in [5.41, 5.74) is 0. The summed E-state index contributed by atoms with van der Waals surface area (Å²) in [6.07, 6.45) is 6.16. The van der Waals surface area contributed by atoms with Crippen LogP contribution >= 0.6 is 0 Å². The zero-order valence-electron chi connectivity index (χ0n) is 10.7. The van der Waals surface area contributed by atoms with E-state index in [4.69, 9.17) is 0 Å². The van der Waals surface area contributed by atoms with Crippen LogP contribution in [0.1, 0.15) is 46.0 Å². The van der Waals surface area contributed by atoms with Crippen molar-refractivity contribution in [2.24, 2.45) is 17.8 Å². The topological polar surface area (TPSA) is 20.3 Å². The lowest BCUT2D eigenvalue weighted by Crippen LogP contribution is -2.42. The van der Waals surface area contributed by atoms with Gasteiger partial charge in [0, 0.05) is 19.0 Å². The summed E-state index contributed by atoms with van der Waals surface area (Å²) in [5.74, 6) is 2.44.